The number of carbonyl (C=O) groups is 2. The molecule has 0 fully saturated rings. The summed E-state index contributed by atoms with van der Waals surface area (Å²) in [5.74, 6) is -0.235. The van der Waals surface area contributed by atoms with Gasteiger partial charge in [-0.3, -0.25) is 9.59 Å². The van der Waals surface area contributed by atoms with Gasteiger partial charge in [0.1, 0.15) is 0 Å². The summed E-state index contributed by atoms with van der Waals surface area (Å²) in [4.78, 5) is 26.4. The average Bonchev–Trinajstić information content (AvgIpc) is 2.26. The van der Waals surface area contributed by atoms with Crippen LogP contribution in [0.25, 0.3) is 0 Å². The van der Waals surface area contributed by atoms with Crippen LogP contribution in [0.5, 0.6) is 0 Å². The van der Waals surface area contributed by atoms with Gasteiger partial charge in [0.15, 0.2) is 5.78 Å². The van der Waals surface area contributed by atoms with Crippen LogP contribution >= 0.6 is 0 Å². The van der Waals surface area contributed by atoms with E-state index in [1.807, 2.05) is 0 Å². The van der Waals surface area contributed by atoms with Crippen LogP contribution in [0.4, 0.5) is 0 Å². The van der Waals surface area contributed by atoms with Crippen molar-refractivity contribution in [2.45, 2.75) is 39.7 Å². The van der Waals surface area contributed by atoms with Crippen LogP contribution in [0.3, 0.4) is 0 Å². The van der Waals surface area contributed by atoms with Crippen molar-refractivity contribution < 1.29 is 9.59 Å². The fraction of sp³-hybridized carbons (Fsp3) is 0.545. The number of rotatable bonds is 6. The molecule has 0 aromatic heterocycles. The van der Waals surface area contributed by atoms with E-state index in [2.05, 4.69) is 10.3 Å². The van der Waals surface area contributed by atoms with Gasteiger partial charge in [0.2, 0.25) is 5.91 Å². The van der Waals surface area contributed by atoms with Crippen LogP contribution in [0.1, 0.15) is 33.6 Å². The second-order valence-electron chi connectivity index (χ2n) is 3.35. The highest BCUT2D eigenvalue weighted by atomic mass is 16.2. The zero-order chi connectivity index (χ0) is 12.6. The van der Waals surface area contributed by atoms with Gasteiger partial charge in [-0.15, -0.1) is 0 Å². The van der Waals surface area contributed by atoms with Gasteiger partial charge in [-0.2, -0.15) is 0 Å². The van der Waals surface area contributed by atoms with Crippen molar-refractivity contribution in [2.24, 2.45) is 10.7 Å². The van der Waals surface area contributed by atoms with Gasteiger partial charge in [-0.1, -0.05) is 13.0 Å². The molecule has 0 aromatic carbocycles. The van der Waals surface area contributed by atoms with Gasteiger partial charge < -0.3 is 11.1 Å². The van der Waals surface area contributed by atoms with Crippen molar-refractivity contribution in [1.29, 1.82) is 0 Å². The molecule has 1 atom stereocenters. The predicted molar refractivity (Wildman–Crippen MR) is 64.0 cm³/mol. The highest BCUT2D eigenvalue weighted by Gasteiger charge is 2.17. The SMILES string of the molecule is C/C=C(/C[C@H](NC(=O)CC)C(C)=O)N=CN. The van der Waals surface area contributed by atoms with Crippen LogP contribution in [-0.2, 0) is 9.59 Å². The molecule has 0 aliphatic heterocycles. The Bertz CT molecular complexity index is 308. The second-order valence-corrected chi connectivity index (χ2v) is 3.35. The van der Waals surface area contributed by atoms with E-state index in [4.69, 9.17) is 5.73 Å². The number of amides is 1. The molecule has 0 aromatic rings. The van der Waals surface area contributed by atoms with Gasteiger partial charge in [0, 0.05) is 18.5 Å². The van der Waals surface area contributed by atoms with Gasteiger partial charge in [-0.25, -0.2) is 4.99 Å². The largest absolute Gasteiger partial charge is 0.390 e. The molecule has 0 saturated carbocycles. The Balaban J connectivity index is 4.56. The molecule has 16 heavy (non-hydrogen) atoms. The smallest absolute Gasteiger partial charge is 0.220 e. The summed E-state index contributed by atoms with van der Waals surface area (Å²) in [6.07, 6.45) is 3.66. The monoisotopic (exact) mass is 225 g/mol. The third kappa shape index (κ3) is 5.29. The molecule has 90 valence electrons. The summed E-state index contributed by atoms with van der Waals surface area (Å²) in [6, 6.07) is -0.526. The maximum Gasteiger partial charge on any atom is 0.220 e. The van der Waals surface area contributed by atoms with E-state index in [0.717, 1.165) is 0 Å². The van der Waals surface area contributed by atoms with Crippen molar-refractivity contribution in [2.75, 3.05) is 0 Å². The molecule has 3 N–H and O–H groups in total. The predicted octanol–water partition coefficient (Wildman–Crippen LogP) is 0.751. The number of nitrogens with two attached hydrogens (primary N) is 1. The molecule has 0 aliphatic rings. The van der Waals surface area contributed by atoms with E-state index in [0.29, 0.717) is 18.5 Å². The minimum absolute atomic E-state index is 0.0895. The number of nitrogens with zero attached hydrogens (tertiary/aromatic N) is 1. The minimum atomic E-state index is -0.526. The maximum atomic E-state index is 11.3. The van der Waals surface area contributed by atoms with Crippen molar-refractivity contribution >= 4 is 18.0 Å². The number of allylic oxidation sites excluding steroid dienone is 1. The van der Waals surface area contributed by atoms with Gasteiger partial charge in [0.05, 0.1) is 12.4 Å². The van der Waals surface area contributed by atoms with E-state index >= 15 is 0 Å². The van der Waals surface area contributed by atoms with E-state index in [-0.39, 0.29) is 11.7 Å². The molecule has 1 amide bonds. The standard InChI is InChI=1S/C11H19N3O2/c1-4-9(13-7-12)6-10(8(3)15)14-11(16)5-2/h4,7,10H,5-6H2,1-3H3,(H2,12,13)(H,14,16)/b9-4-/t10-/m0/s1. The van der Waals surface area contributed by atoms with Crippen LogP contribution in [0.2, 0.25) is 0 Å². The Hall–Kier alpha value is -1.65. The first kappa shape index (κ1) is 14.3. The number of hydrogen-bond acceptors (Lipinski definition) is 3. The molecule has 5 heteroatoms. The topological polar surface area (TPSA) is 84.5 Å². The molecular formula is C11H19N3O2. The molecule has 5 nitrogen and oxygen atoms in total. The summed E-state index contributed by atoms with van der Waals surface area (Å²) in [6.45, 7) is 4.99. The fourth-order valence-corrected chi connectivity index (χ4v) is 1.14. The molecule has 0 unspecified atom stereocenters. The number of aliphatic imine (C=N–C) groups is 1. The van der Waals surface area contributed by atoms with Gasteiger partial charge >= 0.3 is 0 Å². The molecular weight excluding hydrogens is 206 g/mol. The van der Waals surface area contributed by atoms with Gasteiger partial charge in [0.25, 0.3) is 0 Å². The highest BCUT2D eigenvalue weighted by Crippen LogP contribution is 2.07. The van der Waals surface area contributed by atoms with Crippen molar-refractivity contribution in [3.8, 4) is 0 Å². The van der Waals surface area contributed by atoms with Gasteiger partial charge in [-0.05, 0) is 13.8 Å². The van der Waals surface area contributed by atoms with Crippen LogP contribution in [-0.4, -0.2) is 24.1 Å². The number of ketones is 1. The van der Waals surface area contributed by atoms with Crippen molar-refractivity contribution in [1.82, 2.24) is 5.32 Å². The lowest BCUT2D eigenvalue weighted by molar-refractivity contribution is -0.126. The molecule has 0 spiro atoms. The Kier molecular flexibility index (Phi) is 6.83. The fourth-order valence-electron chi connectivity index (χ4n) is 1.14. The molecule has 0 saturated heterocycles. The van der Waals surface area contributed by atoms with Crippen molar-refractivity contribution in [3.63, 3.8) is 0 Å². The van der Waals surface area contributed by atoms with E-state index in [9.17, 15) is 9.59 Å². The molecule has 0 bridgehead atoms. The lowest BCUT2D eigenvalue weighted by Gasteiger charge is -2.15. The number of carbonyl (C=O) groups excluding carboxylic acids is 2. The lowest BCUT2D eigenvalue weighted by Crippen LogP contribution is -2.39. The van der Waals surface area contributed by atoms with E-state index < -0.39 is 6.04 Å². The summed E-state index contributed by atoms with van der Waals surface area (Å²) < 4.78 is 0. The summed E-state index contributed by atoms with van der Waals surface area (Å²) in [5.41, 5.74) is 5.86. The number of Topliss-reactive ketones (excluding diaryl/α,β-unsaturated/α-hetero) is 1. The quantitative estimate of drug-likeness (QED) is 0.516. The maximum absolute atomic E-state index is 11.3. The molecule has 0 rings (SSSR count). The Morgan fingerprint density at radius 2 is 2.12 bits per heavy atom. The van der Waals surface area contributed by atoms with Crippen LogP contribution in [0.15, 0.2) is 16.8 Å². The van der Waals surface area contributed by atoms with Crippen LogP contribution in [0, 0.1) is 0 Å². The summed E-state index contributed by atoms with van der Waals surface area (Å²) >= 11 is 0. The molecule has 0 heterocycles. The Morgan fingerprint density at radius 3 is 2.50 bits per heavy atom. The first-order valence-electron chi connectivity index (χ1n) is 5.24. The van der Waals surface area contributed by atoms with Crippen molar-refractivity contribution in [3.05, 3.63) is 11.8 Å². The summed E-state index contributed by atoms with van der Waals surface area (Å²) in [5, 5.41) is 2.65. The Labute approximate surface area is 95.8 Å². The molecule has 0 radical (unpaired) electrons. The zero-order valence-corrected chi connectivity index (χ0v) is 9.99. The second kappa shape index (κ2) is 7.62. The number of nitrogens with one attached hydrogen (secondary N) is 1. The average molecular weight is 225 g/mol. The minimum Gasteiger partial charge on any atom is -0.390 e. The van der Waals surface area contributed by atoms with E-state index in [1.54, 1.807) is 19.9 Å². The zero-order valence-electron chi connectivity index (χ0n) is 9.99. The number of hydrogen-bond donors (Lipinski definition) is 2. The normalized spacial score (nSPS) is 13.8. The van der Waals surface area contributed by atoms with E-state index in [1.165, 1.54) is 13.3 Å². The first-order chi connectivity index (χ1) is 7.54. The third-order valence-corrected chi connectivity index (χ3v) is 2.13. The highest BCUT2D eigenvalue weighted by molar-refractivity contribution is 5.87. The lowest BCUT2D eigenvalue weighted by atomic mass is 10.1. The first-order valence-corrected chi connectivity index (χ1v) is 5.24. The Morgan fingerprint density at radius 1 is 1.50 bits per heavy atom. The third-order valence-electron chi connectivity index (χ3n) is 2.13. The van der Waals surface area contributed by atoms with Crippen LogP contribution < -0.4 is 11.1 Å². The summed E-state index contributed by atoms with van der Waals surface area (Å²) in [7, 11) is 0. The molecule has 0 aliphatic carbocycles.